The van der Waals surface area contributed by atoms with Crippen molar-refractivity contribution in [2.75, 3.05) is 0 Å². The minimum Gasteiger partial charge on any atom is -0.503 e. The molecule has 0 aliphatic carbocycles. The van der Waals surface area contributed by atoms with Crippen LogP contribution in [0.3, 0.4) is 0 Å². The molecule has 4 unspecified atom stereocenters. The van der Waals surface area contributed by atoms with Gasteiger partial charge in [0.25, 0.3) is 11.8 Å². The molecule has 0 saturated carbocycles. The molecule has 1 aromatic heterocycles. The number of rotatable bonds is 5. The number of carbonyl (C=O) groups is 2. The molecule has 11 heteroatoms. The first-order valence-electron chi connectivity index (χ1n) is 10.9. The van der Waals surface area contributed by atoms with Crippen molar-refractivity contribution in [2.24, 2.45) is 5.92 Å². The minimum atomic E-state index is -1.26. The number of alkyl halides is 1. The topological polar surface area (TPSA) is 91.6 Å². The molecule has 4 rings (SSSR count). The molecule has 2 N–H and O–H groups in total. The third kappa shape index (κ3) is 3.82. The molecule has 4 atom stereocenters. The van der Waals surface area contributed by atoms with Gasteiger partial charge in [0.05, 0.1) is 12.1 Å². The van der Waals surface area contributed by atoms with Gasteiger partial charge in [-0.1, -0.05) is 13.8 Å². The molecular formula is C23H23F4N3O4. The number of halogens is 4. The second-order valence-electron chi connectivity index (χ2n) is 8.74. The zero-order valence-corrected chi connectivity index (χ0v) is 18.4. The number of hydrogen-bond donors (Lipinski definition) is 2. The second-order valence-corrected chi connectivity index (χ2v) is 8.74. The van der Waals surface area contributed by atoms with Crippen LogP contribution < -0.4 is 10.7 Å². The Morgan fingerprint density at radius 2 is 1.88 bits per heavy atom. The molecule has 1 fully saturated rings. The maximum Gasteiger partial charge on any atom is 0.275 e. The van der Waals surface area contributed by atoms with Crippen molar-refractivity contribution in [3.05, 3.63) is 62.8 Å². The maximum atomic E-state index is 14.5. The number of nitrogens with one attached hydrogen (secondary N) is 1. The highest BCUT2D eigenvalue weighted by Crippen LogP contribution is 2.39. The Balaban J connectivity index is 1.65. The van der Waals surface area contributed by atoms with Crippen LogP contribution in [0.2, 0.25) is 0 Å². The zero-order chi connectivity index (χ0) is 24.9. The van der Waals surface area contributed by atoms with Crippen LogP contribution in [-0.4, -0.2) is 44.6 Å². The first-order valence-corrected chi connectivity index (χ1v) is 10.9. The van der Waals surface area contributed by atoms with Gasteiger partial charge in [-0.25, -0.2) is 17.6 Å². The Morgan fingerprint density at radius 1 is 1.24 bits per heavy atom. The van der Waals surface area contributed by atoms with Crippen molar-refractivity contribution in [2.45, 2.75) is 58.0 Å². The average Bonchev–Trinajstić information content (AvgIpc) is 3.11. The third-order valence-electron chi connectivity index (χ3n) is 6.65. The second kappa shape index (κ2) is 8.77. The molecule has 2 aromatic rings. The molecule has 0 radical (unpaired) electrons. The van der Waals surface area contributed by atoms with E-state index in [4.69, 9.17) is 0 Å². The molecule has 1 aromatic carbocycles. The smallest absolute Gasteiger partial charge is 0.275 e. The highest BCUT2D eigenvalue weighted by Gasteiger charge is 2.49. The molecule has 182 valence electrons. The summed E-state index contributed by atoms with van der Waals surface area (Å²) in [5.74, 6) is -6.30. The van der Waals surface area contributed by atoms with Crippen LogP contribution >= 0.6 is 0 Å². The normalized spacial score (nSPS) is 22.4. The molecule has 0 spiro atoms. The van der Waals surface area contributed by atoms with E-state index >= 15 is 0 Å². The number of benzene rings is 1. The highest BCUT2D eigenvalue weighted by atomic mass is 19.1. The Kier molecular flexibility index (Phi) is 6.13. The van der Waals surface area contributed by atoms with Gasteiger partial charge in [0.2, 0.25) is 5.43 Å². The van der Waals surface area contributed by atoms with Crippen LogP contribution in [0.25, 0.3) is 0 Å². The monoisotopic (exact) mass is 481 g/mol. The van der Waals surface area contributed by atoms with E-state index < -0.39 is 76.4 Å². The Hall–Kier alpha value is -3.37. The fourth-order valence-corrected chi connectivity index (χ4v) is 4.84. The summed E-state index contributed by atoms with van der Waals surface area (Å²) in [6.07, 6.45) is 0.481. The molecule has 2 amide bonds. The van der Waals surface area contributed by atoms with E-state index in [1.807, 2.05) is 6.92 Å². The number of aromatic hydroxyl groups is 1. The Bertz CT molecular complexity index is 1210. The SMILES string of the molecule is CCC(F)C1CC(C)C2Cn3cc(C(=O)NCc4c(F)cc(F)cc4F)c(=O)c(O)c3C(=O)N21. The summed E-state index contributed by atoms with van der Waals surface area (Å²) in [4.78, 5) is 39.8. The summed E-state index contributed by atoms with van der Waals surface area (Å²) in [6.45, 7) is 2.99. The third-order valence-corrected chi connectivity index (χ3v) is 6.65. The van der Waals surface area contributed by atoms with Crippen molar-refractivity contribution in [3.63, 3.8) is 0 Å². The number of hydrogen-bond acceptors (Lipinski definition) is 4. The van der Waals surface area contributed by atoms with Gasteiger partial charge < -0.3 is 19.9 Å². The molecule has 2 aliphatic heterocycles. The number of amides is 2. The molecule has 1 saturated heterocycles. The first-order chi connectivity index (χ1) is 16.0. The predicted octanol–water partition coefficient (Wildman–Crippen LogP) is 2.88. The first kappa shape index (κ1) is 23.8. The summed E-state index contributed by atoms with van der Waals surface area (Å²) in [5.41, 5.74) is -2.63. The predicted molar refractivity (Wildman–Crippen MR) is 113 cm³/mol. The van der Waals surface area contributed by atoms with Gasteiger partial charge in [-0.05, 0) is 18.8 Å². The molecule has 2 aliphatic rings. The lowest BCUT2D eigenvalue weighted by Gasteiger charge is -2.38. The van der Waals surface area contributed by atoms with Gasteiger partial charge in [0.1, 0.15) is 29.2 Å². The standard InChI is InChI=1S/C23H23F4N3O4/c1-3-14(25)17-4-10(2)18-9-29-8-13(20(31)21(32)19(29)23(34)30(17)18)22(33)28-7-12-15(26)5-11(24)6-16(12)27/h5-6,8,10,14,17-18,32H,3-4,7,9H2,1-2H3,(H,28,33). The van der Waals surface area contributed by atoms with Crippen LogP contribution in [0.4, 0.5) is 17.6 Å². The highest BCUT2D eigenvalue weighted by molar-refractivity contribution is 5.99. The molecular weight excluding hydrogens is 458 g/mol. The van der Waals surface area contributed by atoms with Crippen LogP contribution in [0, 0.1) is 23.4 Å². The number of nitrogens with zero attached hydrogens (tertiary/aromatic N) is 2. The van der Waals surface area contributed by atoms with Crippen LogP contribution in [0.5, 0.6) is 5.75 Å². The van der Waals surface area contributed by atoms with Crippen molar-refractivity contribution in [3.8, 4) is 5.75 Å². The fourth-order valence-electron chi connectivity index (χ4n) is 4.84. The van der Waals surface area contributed by atoms with Gasteiger partial charge in [0, 0.05) is 37.0 Å². The van der Waals surface area contributed by atoms with Gasteiger partial charge in [0.15, 0.2) is 11.4 Å². The molecule has 34 heavy (non-hydrogen) atoms. The lowest BCUT2D eigenvalue weighted by Crippen LogP contribution is -2.52. The number of aromatic nitrogens is 1. The number of carbonyl (C=O) groups excluding carboxylic acids is 2. The van der Waals surface area contributed by atoms with E-state index in [-0.39, 0.29) is 24.6 Å². The fraction of sp³-hybridized carbons (Fsp3) is 0.435. The summed E-state index contributed by atoms with van der Waals surface area (Å²) in [6, 6.07) is -0.157. The quantitative estimate of drug-likeness (QED) is 0.643. The van der Waals surface area contributed by atoms with E-state index in [2.05, 4.69) is 5.32 Å². The lowest BCUT2D eigenvalue weighted by atomic mass is 9.98. The maximum absolute atomic E-state index is 14.5. The lowest BCUT2D eigenvalue weighted by molar-refractivity contribution is 0.0453. The summed E-state index contributed by atoms with van der Waals surface area (Å²) < 4.78 is 56.6. The summed E-state index contributed by atoms with van der Waals surface area (Å²) in [5, 5.41) is 12.7. The molecule has 0 bridgehead atoms. The molecule has 7 nitrogen and oxygen atoms in total. The minimum absolute atomic E-state index is 0.0600. The van der Waals surface area contributed by atoms with E-state index in [0.717, 1.165) is 6.20 Å². The van der Waals surface area contributed by atoms with Crippen LogP contribution in [-0.2, 0) is 13.1 Å². The van der Waals surface area contributed by atoms with Crippen molar-refractivity contribution in [1.29, 1.82) is 0 Å². The van der Waals surface area contributed by atoms with Crippen LogP contribution in [0.1, 0.15) is 53.1 Å². The van der Waals surface area contributed by atoms with Crippen molar-refractivity contribution >= 4 is 11.8 Å². The van der Waals surface area contributed by atoms with Gasteiger partial charge in [-0.15, -0.1) is 0 Å². The van der Waals surface area contributed by atoms with Crippen molar-refractivity contribution in [1.82, 2.24) is 14.8 Å². The summed E-state index contributed by atoms with van der Waals surface area (Å²) >= 11 is 0. The van der Waals surface area contributed by atoms with Crippen molar-refractivity contribution < 1.29 is 32.3 Å². The van der Waals surface area contributed by atoms with E-state index in [1.165, 1.54) is 9.47 Å². The van der Waals surface area contributed by atoms with Gasteiger partial charge in [-0.3, -0.25) is 14.4 Å². The largest absolute Gasteiger partial charge is 0.503 e. The Morgan fingerprint density at radius 3 is 2.50 bits per heavy atom. The van der Waals surface area contributed by atoms with Gasteiger partial charge in [-0.2, -0.15) is 0 Å². The number of fused-ring (bicyclic) bond motifs is 2. The Labute approximate surface area is 192 Å². The number of pyridine rings is 1. The van der Waals surface area contributed by atoms with Crippen LogP contribution in [0.15, 0.2) is 23.1 Å². The van der Waals surface area contributed by atoms with E-state index in [1.54, 1.807) is 6.92 Å². The van der Waals surface area contributed by atoms with E-state index in [0.29, 0.717) is 18.6 Å². The average molecular weight is 481 g/mol. The summed E-state index contributed by atoms with van der Waals surface area (Å²) in [7, 11) is 0. The zero-order valence-electron chi connectivity index (χ0n) is 18.4. The molecule has 3 heterocycles. The van der Waals surface area contributed by atoms with E-state index in [9.17, 15) is 37.1 Å². The van der Waals surface area contributed by atoms with Gasteiger partial charge >= 0.3 is 0 Å².